The molecule has 32 heavy (non-hydrogen) atoms. The second kappa shape index (κ2) is 14.5. The monoisotopic (exact) mass is 549 g/mol. The lowest BCUT2D eigenvalue weighted by molar-refractivity contribution is 0.109. The number of aliphatic imine (C=N–C) groups is 1. The number of likely N-dealkylation sites (N-methyl/N-ethyl adjacent to an activating group) is 1. The molecule has 2 aromatic carbocycles. The summed E-state index contributed by atoms with van der Waals surface area (Å²) in [7, 11) is 0. The molecule has 0 aromatic heterocycles. The van der Waals surface area contributed by atoms with Crippen molar-refractivity contribution in [2.24, 2.45) is 4.99 Å². The molecule has 176 valence electrons. The molecule has 1 fully saturated rings. The Bertz CT molecular complexity index is 736. The molecule has 1 heterocycles. The van der Waals surface area contributed by atoms with Crippen molar-refractivity contribution in [3.05, 3.63) is 71.8 Å². The number of nitrogens with one attached hydrogen (secondary N) is 2. The fourth-order valence-electron chi connectivity index (χ4n) is 4.20. The van der Waals surface area contributed by atoms with Crippen LogP contribution in [0.1, 0.15) is 37.8 Å². The highest BCUT2D eigenvalue weighted by molar-refractivity contribution is 14.0. The maximum atomic E-state index is 4.93. The predicted octanol–water partition coefficient (Wildman–Crippen LogP) is 4.02. The molecule has 6 heteroatoms. The third kappa shape index (κ3) is 8.05. The molecule has 1 aliphatic rings. The lowest BCUT2D eigenvalue weighted by Crippen LogP contribution is -2.50. The summed E-state index contributed by atoms with van der Waals surface area (Å²) in [5.74, 6) is 1.18. The maximum Gasteiger partial charge on any atom is 0.191 e. The van der Waals surface area contributed by atoms with Gasteiger partial charge >= 0.3 is 0 Å². The van der Waals surface area contributed by atoms with E-state index in [1.165, 1.54) is 24.2 Å². The van der Waals surface area contributed by atoms with Crippen LogP contribution in [-0.4, -0.2) is 74.2 Å². The van der Waals surface area contributed by atoms with Gasteiger partial charge in [0.05, 0.1) is 6.54 Å². The standard InChI is InChI=1S/C26H39N5.HI/c1-4-27-26(28-20-22(3)31-18-16-30(5-2)17-19-31)29-21-25(23-12-8-6-9-13-23)24-14-10-7-11-15-24;/h6-15,22,25H,4-5,16-21H2,1-3H3,(H2,27,28,29);1H. The number of guanidine groups is 1. The van der Waals surface area contributed by atoms with E-state index in [9.17, 15) is 0 Å². The summed E-state index contributed by atoms with van der Waals surface area (Å²) in [5, 5.41) is 7.03. The lowest BCUT2D eigenvalue weighted by Gasteiger charge is -2.37. The third-order valence-corrected chi connectivity index (χ3v) is 6.21. The zero-order chi connectivity index (χ0) is 21.9. The van der Waals surface area contributed by atoms with E-state index in [-0.39, 0.29) is 29.9 Å². The molecule has 0 aliphatic carbocycles. The van der Waals surface area contributed by atoms with Crippen molar-refractivity contribution in [3.8, 4) is 0 Å². The normalized spacial score (nSPS) is 16.4. The van der Waals surface area contributed by atoms with Gasteiger partial charge in [-0.1, -0.05) is 67.6 Å². The Labute approximate surface area is 211 Å². The van der Waals surface area contributed by atoms with Crippen molar-refractivity contribution in [1.82, 2.24) is 20.4 Å². The Morgan fingerprint density at radius 3 is 1.94 bits per heavy atom. The van der Waals surface area contributed by atoms with Gasteiger partial charge in [-0.3, -0.25) is 9.89 Å². The maximum absolute atomic E-state index is 4.93. The van der Waals surface area contributed by atoms with Crippen molar-refractivity contribution in [3.63, 3.8) is 0 Å². The highest BCUT2D eigenvalue weighted by atomic mass is 127. The minimum Gasteiger partial charge on any atom is -0.357 e. The van der Waals surface area contributed by atoms with E-state index in [0.717, 1.165) is 45.2 Å². The van der Waals surface area contributed by atoms with E-state index < -0.39 is 0 Å². The van der Waals surface area contributed by atoms with Gasteiger partial charge in [0.1, 0.15) is 0 Å². The van der Waals surface area contributed by atoms with Crippen LogP contribution in [0.15, 0.2) is 65.7 Å². The van der Waals surface area contributed by atoms with Gasteiger partial charge in [0.15, 0.2) is 5.96 Å². The number of nitrogens with zero attached hydrogens (tertiary/aromatic N) is 3. The average Bonchev–Trinajstić information content (AvgIpc) is 2.83. The zero-order valence-electron chi connectivity index (χ0n) is 19.8. The van der Waals surface area contributed by atoms with Gasteiger partial charge in [0.25, 0.3) is 0 Å². The van der Waals surface area contributed by atoms with Crippen LogP contribution < -0.4 is 10.6 Å². The van der Waals surface area contributed by atoms with Crippen LogP contribution in [0.25, 0.3) is 0 Å². The number of piperazine rings is 1. The van der Waals surface area contributed by atoms with E-state index in [1.54, 1.807) is 0 Å². The number of rotatable bonds is 9. The highest BCUT2D eigenvalue weighted by Gasteiger charge is 2.20. The van der Waals surface area contributed by atoms with E-state index in [4.69, 9.17) is 4.99 Å². The summed E-state index contributed by atoms with van der Waals surface area (Å²) in [6.45, 7) is 14.9. The summed E-state index contributed by atoms with van der Waals surface area (Å²) >= 11 is 0. The van der Waals surface area contributed by atoms with Gasteiger partial charge in [-0.15, -0.1) is 24.0 Å². The molecule has 1 unspecified atom stereocenters. The predicted molar refractivity (Wildman–Crippen MR) is 147 cm³/mol. The van der Waals surface area contributed by atoms with Crippen molar-refractivity contribution in [1.29, 1.82) is 0 Å². The average molecular weight is 550 g/mol. The van der Waals surface area contributed by atoms with Crippen LogP contribution in [0.3, 0.4) is 0 Å². The van der Waals surface area contributed by atoms with E-state index in [1.807, 2.05) is 0 Å². The van der Waals surface area contributed by atoms with Gasteiger partial charge in [-0.2, -0.15) is 0 Å². The molecule has 2 aromatic rings. The molecule has 0 spiro atoms. The van der Waals surface area contributed by atoms with Gasteiger partial charge in [0, 0.05) is 51.2 Å². The van der Waals surface area contributed by atoms with Crippen molar-refractivity contribution in [2.75, 3.05) is 52.4 Å². The van der Waals surface area contributed by atoms with Gasteiger partial charge in [0.2, 0.25) is 0 Å². The van der Waals surface area contributed by atoms with Crippen LogP contribution in [0.4, 0.5) is 0 Å². The number of halogens is 1. The first kappa shape index (κ1) is 26.6. The van der Waals surface area contributed by atoms with Gasteiger partial charge in [-0.05, 0) is 31.5 Å². The first-order chi connectivity index (χ1) is 15.2. The molecule has 0 amide bonds. The Kier molecular flexibility index (Phi) is 12.1. The molecular weight excluding hydrogens is 509 g/mol. The number of benzene rings is 2. The molecular formula is C26H40IN5. The van der Waals surface area contributed by atoms with Crippen LogP contribution in [0.2, 0.25) is 0 Å². The minimum atomic E-state index is 0. The summed E-state index contributed by atoms with van der Waals surface area (Å²) in [4.78, 5) is 10.0. The van der Waals surface area contributed by atoms with Crippen LogP contribution >= 0.6 is 24.0 Å². The quantitative estimate of drug-likeness (QED) is 0.282. The SMILES string of the molecule is CCNC(=NCC(C)N1CCN(CC)CC1)NCC(c1ccccc1)c1ccccc1.I. The van der Waals surface area contributed by atoms with Crippen LogP contribution in [-0.2, 0) is 0 Å². The summed E-state index contributed by atoms with van der Waals surface area (Å²) in [6.07, 6.45) is 0. The van der Waals surface area contributed by atoms with Crippen molar-refractivity contribution < 1.29 is 0 Å². The van der Waals surface area contributed by atoms with Crippen LogP contribution in [0, 0.1) is 0 Å². The fraction of sp³-hybridized carbons (Fsp3) is 0.500. The minimum absolute atomic E-state index is 0. The second-order valence-corrected chi connectivity index (χ2v) is 8.29. The Morgan fingerprint density at radius 1 is 0.875 bits per heavy atom. The van der Waals surface area contributed by atoms with Crippen molar-refractivity contribution >= 4 is 29.9 Å². The number of hydrogen-bond donors (Lipinski definition) is 2. The topological polar surface area (TPSA) is 42.9 Å². The molecule has 1 saturated heterocycles. The van der Waals surface area contributed by atoms with Gasteiger partial charge < -0.3 is 15.5 Å². The molecule has 2 N–H and O–H groups in total. The molecule has 0 saturated carbocycles. The first-order valence-electron chi connectivity index (χ1n) is 11.8. The Balaban J connectivity index is 0.00000363. The van der Waals surface area contributed by atoms with E-state index >= 15 is 0 Å². The smallest absolute Gasteiger partial charge is 0.191 e. The highest BCUT2D eigenvalue weighted by Crippen LogP contribution is 2.23. The lowest BCUT2D eigenvalue weighted by atomic mass is 9.91. The molecule has 1 atom stereocenters. The van der Waals surface area contributed by atoms with Gasteiger partial charge in [-0.25, -0.2) is 0 Å². The molecule has 0 radical (unpaired) electrons. The van der Waals surface area contributed by atoms with Crippen molar-refractivity contribution in [2.45, 2.75) is 32.7 Å². The second-order valence-electron chi connectivity index (χ2n) is 8.29. The number of hydrogen-bond acceptors (Lipinski definition) is 3. The Hall–Kier alpha value is -1.64. The summed E-state index contributed by atoms with van der Waals surface area (Å²) in [6, 6.07) is 21.9. The summed E-state index contributed by atoms with van der Waals surface area (Å²) < 4.78 is 0. The third-order valence-electron chi connectivity index (χ3n) is 6.21. The zero-order valence-corrected chi connectivity index (χ0v) is 22.2. The van der Waals surface area contributed by atoms with Crippen LogP contribution in [0.5, 0.6) is 0 Å². The first-order valence-corrected chi connectivity index (χ1v) is 11.8. The Morgan fingerprint density at radius 2 is 1.44 bits per heavy atom. The molecule has 1 aliphatic heterocycles. The molecule has 0 bridgehead atoms. The summed E-state index contributed by atoms with van der Waals surface area (Å²) in [5.41, 5.74) is 2.64. The van der Waals surface area contributed by atoms with E-state index in [0.29, 0.717) is 6.04 Å². The largest absolute Gasteiger partial charge is 0.357 e. The van der Waals surface area contributed by atoms with E-state index in [2.05, 4.69) is 102 Å². The molecule has 5 nitrogen and oxygen atoms in total. The molecule has 3 rings (SSSR count). The fourth-order valence-corrected chi connectivity index (χ4v) is 4.20.